The summed E-state index contributed by atoms with van der Waals surface area (Å²) in [4.78, 5) is 36.9. The van der Waals surface area contributed by atoms with E-state index in [9.17, 15) is 28.1 Å². The number of carbonyl (C=O) groups excluding carboxylic acids is 2. The van der Waals surface area contributed by atoms with Crippen molar-refractivity contribution >= 4 is 68.3 Å². The number of carbonyl (C=O) groups is 2. The lowest BCUT2D eigenvalue weighted by Gasteiger charge is -2.29. The van der Waals surface area contributed by atoms with Crippen molar-refractivity contribution in [3.8, 4) is 5.75 Å². The second-order valence-corrected chi connectivity index (χ2v) is 8.60. The number of thiocarbonyl (C=S) groups is 1. The van der Waals surface area contributed by atoms with Crippen molar-refractivity contribution in [1.29, 1.82) is 0 Å². The minimum Gasteiger partial charge on any atom is -0.382 e. The highest BCUT2D eigenvalue weighted by atomic mass is 35.5. The first kappa shape index (κ1) is 22.3. The number of halogens is 1. The topological polar surface area (TPSA) is 136 Å². The Morgan fingerprint density at radius 3 is 2.42 bits per heavy atom. The molecule has 0 aromatic heterocycles. The van der Waals surface area contributed by atoms with Gasteiger partial charge in [-0.2, -0.15) is 8.42 Å². The van der Waals surface area contributed by atoms with E-state index in [-0.39, 0.29) is 16.4 Å². The SMILES string of the molecule is CS(=O)(=O)Oc1ccc([N+](=O)[O-])cc1C=C1C(=O)NC(=S)N(c2ccc(Cl)cc2)C1=O. The van der Waals surface area contributed by atoms with E-state index in [1.807, 2.05) is 0 Å². The second-order valence-electron chi connectivity index (χ2n) is 6.20. The predicted octanol–water partition coefficient (Wildman–Crippen LogP) is 2.42. The van der Waals surface area contributed by atoms with Crippen LogP contribution in [0.25, 0.3) is 6.08 Å². The van der Waals surface area contributed by atoms with Crippen molar-refractivity contribution in [2.75, 3.05) is 11.2 Å². The highest BCUT2D eigenvalue weighted by Gasteiger charge is 2.35. The molecule has 2 aromatic carbocycles. The maximum atomic E-state index is 13.0. The summed E-state index contributed by atoms with van der Waals surface area (Å²) in [5.41, 5.74) is -0.692. The Labute approximate surface area is 186 Å². The van der Waals surface area contributed by atoms with Gasteiger partial charge in [-0.3, -0.25) is 29.9 Å². The lowest BCUT2D eigenvalue weighted by Crippen LogP contribution is -2.54. The summed E-state index contributed by atoms with van der Waals surface area (Å²) in [6.45, 7) is 0. The maximum absolute atomic E-state index is 13.0. The molecule has 1 N–H and O–H groups in total. The highest BCUT2D eigenvalue weighted by molar-refractivity contribution is 7.86. The van der Waals surface area contributed by atoms with Crippen LogP contribution in [-0.2, 0) is 19.7 Å². The summed E-state index contributed by atoms with van der Waals surface area (Å²) in [5.74, 6) is -1.99. The zero-order valence-corrected chi connectivity index (χ0v) is 18.0. The molecular formula is C18H12ClN3O7S2. The number of nitro groups is 1. The predicted molar refractivity (Wildman–Crippen MR) is 116 cm³/mol. The number of anilines is 1. The molecule has 10 nitrogen and oxygen atoms in total. The van der Waals surface area contributed by atoms with Gasteiger partial charge in [0.1, 0.15) is 11.3 Å². The molecule has 0 radical (unpaired) electrons. The summed E-state index contributed by atoms with van der Waals surface area (Å²) in [7, 11) is -4.00. The average molecular weight is 482 g/mol. The minimum absolute atomic E-state index is 0.165. The van der Waals surface area contributed by atoms with Crippen LogP contribution in [0.4, 0.5) is 11.4 Å². The van der Waals surface area contributed by atoms with E-state index >= 15 is 0 Å². The largest absolute Gasteiger partial charge is 0.382 e. The van der Waals surface area contributed by atoms with Crippen LogP contribution >= 0.6 is 23.8 Å². The van der Waals surface area contributed by atoms with Gasteiger partial charge >= 0.3 is 10.1 Å². The van der Waals surface area contributed by atoms with E-state index in [4.69, 9.17) is 28.0 Å². The van der Waals surface area contributed by atoms with Crippen molar-refractivity contribution in [3.05, 3.63) is 68.7 Å². The van der Waals surface area contributed by atoms with Gasteiger partial charge in [0, 0.05) is 22.7 Å². The van der Waals surface area contributed by atoms with Crippen LogP contribution in [0.2, 0.25) is 5.02 Å². The Bertz CT molecular complexity index is 1260. The van der Waals surface area contributed by atoms with Gasteiger partial charge in [-0.25, -0.2) is 0 Å². The Kier molecular flexibility index (Phi) is 6.06. The van der Waals surface area contributed by atoms with Gasteiger partial charge in [-0.15, -0.1) is 0 Å². The van der Waals surface area contributed by atoms with Gasteiger partial charge in [0.05, 0.1) is 16.9 Å². The van der Waals surface area contributed by atoms with Crippen LogP contribution < -0.4 is 14.4 Å². The first-order valence-corrected chi connectivity index (χ1v) is 10.9. The van der Waals surface area contributed by atoms with Crippen LogP contribution in [0.3, 0.4) is 0 Å². The number of amides is 2. The number of benzene rings is 2. The Hall–Kier alpha value is -3.35. The van der Waals surface area contributed by atoms with Gasteiger partial charge in [-0.1, -0.05) is 11.6 Å². The summed E-state index contributed by atoms with van der Waals surface area (Å²) < 4.78 is 27.9. The molecule has 0 saturated carbocycles. The molecule has 13 heteroatoms. The monoisotopic (exact) mass is 481 g/mol. The molecule has 1 fully saturated rings. The van der Waals surface area contributed by atoms with Crippen molar-refractivity contribution in [3.63, 3.8) is 0 Å². The third kappa shape index (κ3) is 5.05. The van der Waals surface area contributed by atoms with Crippen molar-refractivity contribution in [2.45, 2.75) is 0 Å². The zero-order chi connectivity index (χ0) is 22.9. The molecule has 2 aromatic rings. The number of hydrogen-bond acceptors (Lipinski definition) is 8. The van der Waals surface area contributed by atoms with Crippen LogP contribution in [0.1, 0.15) is 5.56 Å². The van der Waals surface area contributed by atoms with Crippen LogP contribution in [-0.4, -0.2) is 36.5 Å². The lowest BCUT2D eigenvalue weighted by molar-refractivity contribution is -0.384. The first-order valence-electron chi connectivity index (χ1n) is 8.31. The highest BCUT2D eigenvalue weighted by Crippen LogP contribution is 2.29. The van der Waals surface area contributed by atoms with E-state index in [0.717, 1.165) is 35.4 Å². The van der Waals surface area contributed by atoms with Gasteiger partial charge in [0.2, 0.25) is 0 Å². The normalized spacial score (nSPS) is 15.7. The fraction of sp³-hybridized carbons (Fsp3) is 0.0556. The van der Waals surface area contributed by atoms with Crippen molar-refractivity contribution < 1.29 is 27.1 Å². The van der Waals surface area contributed by atoms with E-state index in [1.165, 1.54) is 24.3 Å². The molecular weight excluding hydrogens is 470 g/mol. The number of hydrogen-bond donors (Lipinski definition) is 1. The van der Waals surface area contributed by atoms with Crippen LogP contribution in [0.15, 0.2) is 48.0 Å². The van der Waals surface area contributed by atoms with E-state index < -0.39 is 38.1 Å². The number of non-ortho nitro benzene ring substituents is 1. The van der Waals surface area contributed by atoms with Gasteiger partial charge in [-0.05, 0) is 48.6 Å². The molecule has 1 saturated heterocycles. The molecule has 1 heterocycles. The molecule has 0 aliphatic carbocycles. The number of rotatable bonds is 5. The Morgan fingerprint density at radius 2 is 1.84 bits per heavy atom. The summed E-state index contributed by atoms with van der Waals surface area (Å²) in [6, 6.07) is 9.11. The smallest absolute Gasteiger partial charge is 0.306 e. The van der Waals surface area contributed by atoms with Crippen LogP contribution in [0.5, 0.6) is 5.75 Å². The first-order chi connectivity index (χ1) is 14.5. The fourth-order valence-corrected chi connectivity index (χ4v) is 3.52. The molecule has 0 spiro atoms. The zero-order valence-electron chi connectivity index (χ0n) is 15.6. The number of nitrogens with zero attached hydrogens (tertiary/aromatic N) is 2. The van der Waals surface area contributed by atoms with Crippen molar-refractivity contribution in [2.24, 2.45) is 0 Å². The lowest BCUT2D eigenvalue weighted by atomic mass is 10.1. The summed E-state index contributed by atoms with van der Waals surface area (Å²) in [6.07, 6.45) is 1.78. The van der Waals surface area contributed by atoms with Crippen LogP contribution in [0, 0.1) is 10.1 Å². The second kappa shape index (κ2) is 8.41. The molecule has 1 aliphatic rings. The standard InChI is InChI=1S/C18H12ClN3O7S2/c1-31(27,28)29-15-7-6-13(22(25)26)8-10(15)9-14-16(23)20-18(30)21(17(14)24)12-4-2-11(19)3-5-12/h2-9H,1H3,(H,20,23,30). The van der Waals surface area contributed by atoms with E-state index in [1.54, 1.807) is 0 Å². The van der Waals surface area contributed by atoms with E-state index in [2.05, 4.69) is 5.32 Å². The van der Waals surface area contributed by atoms with E-state index in [0.29, 0.717) is 10.7 Å². The quantitative estimate of drug-likeness (QED) is 0.172. The van der Waals surface area contributed by atoms with Gasteiger partial charge < -0.3 is 4.18 Å². The number of nitro benzene ring substituents is 1. The molecule has 3 rings (SSSR count). The summed E-state index contributed by atoms with van der Waals surface area (Å²) in [5, 5.41) is 13.7. The molecule has 0 bridgehead atoms. The third-order valence-electron chi connectivity index (χ3n) is 3.93. The molecule has 31 heavy (non-hydrogen) atoms. The molecule has 1 aliphatic heterocycles. The summed E-state index contributed by atoms with van der Waals surface area (Å²) >= 11 is 10.9. The molecule has 0 unspecified atom stereocenters. The molecule has 160 valence electrons. The average Bonchev–Trinajstić information content (AvgIpc) is 2.66. The number of nitrogens with one attached hydrogen (secondary N) is 1. The fourth-order valence-electron chi connectivity index (χ4n) is 2.64. The van der Waals surface area contributed by atoms with Crippen molar-refractivity contribution in [1.82, 2.24) is 5.32 Å². The third-order valence-corrected chi connectivity index (χ3v) is 4.95. The maximum Gasteiger partial charge on any atom is 0.306 e. The van der Waals surface area contributed by atoms with Gasteiger partial charge in [0.15, 0.2) is 5.11 Å². The Balaban J connectivity index is 2.12. The molecule has 2 amide bonds. The van der Waals surface area contributed by atoms with Gasteiger partial charge in [0.25, 0.3) is 17.5 Å². The Morgan fingerprint density at radius 1 is 1.19 bits per heavy atom. The minimum atomic E-state index is -4.00. The molecule has 0 atom stereocenters.